The third-order valence-electron chi connectivity index (χ3n) is 3.53. The van der Waals surface area contributed by atoms with Crippen LogP contribution in [0.5, 0.6) is 0 Å². The Bertz CT molecular complexity index is 615. The lowest BCUT2D eigenvalue weighted by Crippen LogP contribution is -2.31. The monoisotopic (exact) mass is 275 g/mol. The van der Waals surface area contributed by atoms with E-state index in [-0.39, 0.29) is 5.91 Å². The maximum absolute atomic E-state index is 12.0. The molecule has 2 aromatic rings. The molecule has 2 heterocycles. The Morgan fingerprint density at radius 2 is 2.10 bits per heavy atom. The van der Waals surface area contributed by atoms with Crippen molar-refractivity contribution in [2.75, 3.05) is 18.8 Å². The Kier molecular flexibility index (Phi) is 4.22. The van der Waals surface area contributed by atoms with E-state index in [0.29, 0.717) is 18.9 Å². The minimum Gasteiger partial charge on any atom is -0.369 e. The summed E-state index contributed by atoms with van der Waals surface area (Å²) in [5.41, 5.74) is 8.53. The lowest BCUT2D eigenvalue weighted by Gasteiger charge is -2.18. The van der Waals surface area contributed by atoms with Crippen molar-refractivity contribution >= 4 is 23.0 Å². The van der Waals surface area contributed by atoms with Crippen molar-refractivity contribution in [1.82, 2.24) is 19.4 Å². The van der Waals surface area contributed by atoms with Gasteiger partial charge in [0.25, 0.3) is 0 Å². The van der Waals surface area contributed by atoms with Crippen molar-refractivity contribution in [3.63, 3.8) is 0 Å². The van der Waals surface area contributed by atoms with Gasteiger partial charge in [0.2, 0.25) is 11.9 Å². The summed E-state index contributed by atoms with van der Waals surface area (Å²) in [7, 11) is 0. The van der Waals surface area contributed by atoms with Gasteiger partial charge in [-0.1, -0.05) is 0 Å². The van der Waals surface area contributed by atoms with Crippen LogP contribution in [0.4, 0.5) is 5.95 Å². The number of hydrogen-bond donors (Lipinski definition) is 1. The summed E-state index contributed by atoms with van der Waals surface area (Å²) in [5.74, 6) is 0.540. The van der Waals surface area contributed by atoms with Crippen molar-refractivity contribution in [1.29, 1.82) is 0 Å². The molecule has 0 aliphatic rings. The van der Waals surface area contributed by atoms with Crippen LogP contribution in [0.1, 0.15) is 25.8 Å². The number of amides is 1. The number of rotatable bonds is 5. The number of nitrogens with zero attached hydrogens (tertiary/aromatic N) is 4. The van der Waals surface area contributed by atoms with Crippen molar-refractivity contribution < 1.29 is 4.79 Å². The molecule has 0 spiro atoms. The third-order valence-corrected chi connectivity index (χ3v) is 3.53. The molecule has 0 aromatic carbocycles. The number of nitrogens with two attached hydrogens (primary N) is 1. The van der Waals surface area contributed by atoms with Crippen LogP contribution in [0, 0.1) is 6.92 Å². The van der Waals surface area contributed by atoms with Gasteiger partial charge in [0, 0.05) is 32.3 Å². The number of aryl methyl sites for hydroxylation is 2. The smallest absolute Gasteiger partial charge is 0.224 e. The van der Waals surface area contributed by atoms with E-state index < -0.39 is 0 Å². The zero-order chi connectivity index (χ0) is 14.7. The normalized spacial score (nSPS) is 10.9. The maximum Gasteiger partial charge on any atom is 0.224 e. The molecule has 6 nitrogen and oxygen atoms in total. The van der Waals surface area contributed by atoms with Crippen LogP contribution in [0.2, 0.25) is 0 Å². The van der Waals surface area contributed by atoms with E-state index in [2.05, 4.69) is 9.97 Å². The minimum absolute atomic E-state index is 0.129. The molecule has 108 valence electrons. The molecule has 2 rings (SSSR count). The van der Waals surface area contributed by atoms with Gasteiger partial charge in [-0.3, -0.25) is 9.36 Å². The second-order valence-electron chi connectivity index (χ2n) is 4.74. The van der Waals surface area contributed by atoms with Crippen LogP contribution < -0.4 is 5.73 Å². The van der Waals surface area contributed by atoms with Crippen LogP contribution in [0.25, 0.3) is 11.2 Å². The first kappa shape index (κ1) is 14.3. The largest absolute Gasteiger partial charge is 0.369 e. The second kappa shape index (κ2) is 5.90. The molecular weight excluding hydrogens is 254 g/mol. The lowest BCUT2D eigenvalue weighted by molar-refractivity contribution is -0.131. The fourth-order valence-corrected chi connectivity index (χ4v) is 2.32. The number of carbonyl (C=O) groups excluding carboxylic acids is 1. The molecule has 1 amide bonds. The molecule has 2 aromatic heterocycles. The number of carbonyl (C=O) groups is 1. The zero-order valence-corrected chi connectivity index (χ0v) is 12.3. The summed E-state index contributed by atoms with van der Waals surface area (Å²) in [5, 5.41) is 0. The van der Waals surface area contributed by atoms with Gasteiger partial charge in [-0.05, 0) is 32.4 Å². The van der Waals surface area contributed by atoms with E-state index in [9.17, 15) is 4.79 Å². The number of hydrogen-bond acceptors (Lipinski definition) is 4. The summed E-state index contributed by atoms with van der Waals surface area (Å²) in [6, 6.07) is 1.90. The lowest BCUT2D eigenvalue weighted by atomic mass is 10.3. The van der Waals surface area contributed by atoms with Crippen LogP contribution >= 0.6 is 0 Å². The fourth-order valence-electron chi connectivity index (χ4n) is 2.32. The molecule has 0 saturated heterocycles. The Hall–Kier alpha value is -2.11. The Balaban J connectivity index is 2.20. The molecule has 0 bridgehead atoms. The quantitative estimate of drug-likeness (QED) is 0.898. The second-order valence-corrected chi connectivity index (χ2v) is 4.74. The van der Waals surface area contributed by atoms with Gasteiger partial charge in [-0.25, -0.2) is 9.97 Å². The highest BCUT2D eigenvalue weighted by Gasteiger charge is 2.14. The first-order valence-corrected chi connectivity index (χ1v) is 6.93. The van der Waals surface area contributed by atoms with Gasteiger partial charge < -0.3 is 10.6 Å². The standard InChI is InChI=1S/C14H21N5O/c1-4-18(5-2)11(20)7-9-19-13-12(17-14(19)15)10(3)6-8-16-13/h6,8H,4-5,7,9H2,1-3H3,(H2,15,17). The van der Waals surface area contributed by atoms with Crippen molar-refractivity contribution in [2.45, 2.75) is 33.7 Å². The van der Waals surface area contributed by atoms with E-state index in [1.807, 2.05) is 36.3 Å². The number of aromatic nitrogens is 3. The molecule has 0 fully saturated rings. The molecule has 0 aliphatic carbocycles. The van der Waals surface area contributed by atoms with E-state index in [1.165, 1.54) is 0 Å². The summed E-state index contributed by atoms with van der Waals surface area (Å²) in [6.07, 6.45) is 2.15. The van der Waals surface area contributed by atoms with Crippen LogP contribution in [0.15, 0.2) is 12.3 Å². The van der Waals surface area contributed by atoms with Crippen LogP contribution in [-0.4, -0.2) is 38.4 Å². The van der Waals surface area contributed by atoms with E-state index in [4.69, 9.17) is 5.73 Å². The van der Waals surface area contributed by atoms with Crippen LogP contribution in [-0.2, 0) is 11.3 Å². The third kappa shape index (κ3) is 2.59. The predicted molar refractivity (Wildman–Crippen MR) is 79.2 cm³/mol. The number of fused-ring (bicyclic) bond motifs is 1. The SMILES string of the molecule is CCN(CC)C(=O)CCn1c(N)nc2c(C)ccnc21. The van der Waals surface area contributed by atoms with Crippen LogP contribution in [0.3, 0.4) is 0 Å². The number of imidazole rings is 1. The maximum atomic E-state index is 12.0. The van der Waals surface area contributed by atoms with Gasteiger partial charge in [-0.2, -0.15) is 0 Å². The van der Waals surface area contributed by atoms with Gasteiger partial charge >= 0.3 is 0 Å². The molecule has 0 aliphatic heterocycles. The van der Waals surface area contributed by atoms with Gasteiger partial charge in [-0.15, -0.1) is 0 Å². The number of anilines is 1. The molecule has 20 heavy (non-hydrogen) atoms. The van der Waals surface area contributed by atoms with E-state index >= 15 is 0 Å². The Morgan fingerprint density at radius 1 is 1.40 bits per heavy atom. The van der Waals surface area contributed by atoms with Gasteiger partial charge in [0.05, 0.1) is 0 Å². The molecule has 0 atom stereocenters. The molecule has 2 N–H and O–H groups in total. The van der Waals surface area contributed by atoms with Gasteiger partial charge in [0.15, 0.2) is 5.65 Å². The zero-order valence-electron chi connectivity index (χ0n) is 12.3. The number of nitrogen functional groups attached to an aromatic ring is 1. The highest BCUT2D eigenvalue weighted by molar-refractivity contribution is 5.79. The molecule has 0 radical (unpaired) electrons. The van der Waals surface area contributed by atoms with E-state index in [1.54, 1.807) is 6.20 Å². The molecule has 0 saturated carbocycles. The summed E-state index contributed by atoms with van der Waals surface area (Å²) >= 11 is 0. The van der Waals surface area contributed by atoms with Crippen molar-refractivity contribution in [3.8, 4) is 0 Å². The minimum atomic E-state index is 0.129. The average molecular weight is 275 g/mol. The van der Waals surface area contributed by atoms with E-state index in [0.717, 1.165) is 29.8 Å². The average Bonchev–Trinajstić information content (AvgIpc) is 2.75. The first-order chi connectivity index (χ1) is 9.58. The van der Waals surface area contributed by atoms with Crippen molar-refractivity contribution in [3.05, 3.63) is 17.8 Å². The molecule has 0 unspecified atom stereocenters. The first-order valence-electron chi connectivity index (χ1n) is 6.93. The number of pyridine rings is 1. The van der Waals surface area contributed by atoms with Crippen molar-refractivity contribution in [2.24, 2.45) is 0 Å². The Morgan fingerprint density at radius 3 is 2.75 bits per heavy atom. The summed E-state index contributed by atoms with van der Waals surface area (Å²) < 4.78 is 1.81. The summed E-state index contributed by atoms with van der Waals surface area (Å²) in [4.78, 5) is 22.5. The molecular formula is C14H21N5O. The van der Waals surface area contributed by atoms with Gasteiger partial charge in [0.1, 0.15) is 5.52 Å². The Labute approximate surface area is 118 Å². The topological polar surface area (TPSA) is 77.0 Å². The summed E-state index contributed by atoms with van der Waals surface area (Å²) in [6.45, 7) is 7.90. The highest BCUT2D eigenvalue weighted by atomic mass is 16.2. The predicted octanol–water partition coefficient (Wildman–Crippen LogP) is 1.58. The molecule has 6 heteroatoms. The highest BCUT2D eigenvalue weighted by Crippen LogP contribution is 2.19. The fraction of sp³-hybridized carbons (Fsp3) is 0.500.